The third kappa shape index (κ3) is 4.28. The number of fused-ring (bicyclic) bond motifs is 1. The first-order valence-electron chi connectivity index (χ1n) is 10.3. The normalized spacial score (nSPS) is 16.4. The van der Waals surface area contributed by atoms with Gasteiger partial charge in [0, 0.05) is 37.0 Å². The molecule has 0 N–H and O–H groups in total. The van der Waals surface area contributed by atoms with E-state index in [9.17, 15) is 9.59 Å². The van der Waals surface area contributed by atoms with Gasteiger partial charge in [0.15, 0.2) is 17.3 Å². The molecule has 0 bridgehead atoms. The molecule has 0 aliphatic carbocycles. The van der Waals surface area contributed by atoms with Gasteiger partial charge in [-0.3, -0.25) is 14.6 Å². The molecule has 0 radical (unpaired) electrons. The Balaban J connectivity index is 1.25. The smallest absolute Gasteiger partial charge is 0.233 e. The third-order valence-corrected chi connectivity index (χ3v) is 7.20. The number of carbonyl (C=O) groups is 2. The highest BCUT2D eigenvalue weighted by atomic mass is 32.2. The molecule has 0 saturated carbocycles. The zero-order valence-electron chi connectivity index (χ0n) is 17.1. The average molecular weight is 465 g/mol. The van der Waals surface area contributed by atoms with E-state index in [-0.39, 0.29) is 23.4 Å². The molecule has 1 atom stereocenters. The predicted octanol–water partition coefficient (Wildman–Crippen LogP) is 3.46. The van der Waals surface area contributed by atoms with Gasteiger partial charge >= 0.3 is 0 Å². The van der Waals surface area contributed by atoms with E-state index in [0.717, 1.165) is 23.3 Å². The number of thioether (sulfide) groups is 1. The predicted molar refractivity (Wildman–Crippen MR) is 123 cm³/mol. The van der Waals surface area contributed by atoms with Crippen LogP contribution in [-0.4, -0.2) is 60.2 Å². The van der Waals surface area contributed by atoms with Crippen molar-refractivity contribution in [1.82, 2.24) is 29.7 Å². The lowest BCUT2D eigenvalue weighted by Crippen LogP contribution is -2.43. The fourth-order valence-electron chi connectivity index (χ4n) is 3.79. The van der Waals surface area contributed by atoms with Gasteiger partial charge in [-0.2, -0.15) is 9.61 Å². The highest BCUT2D eigenvalue weighted by Crippen LogP contribution is 2.25. The van der Waals surface area contributed by atoms with Gasteiger partial charge < -0.3 is 4.90 Å². The zero-order chi connectivity index (χ0) is 21.9. The van der Waals surface area contributed by atoms with Crippen molar-refractivity contribution in [2.24, 2.45) is 5.92 Å². The Kier molecular flexibility index (Phi) is 5.95. The minimum Gasteiger partial charge on any atom is -0.341 e. The molecule has 32 heavy (non-hydrogen) atoms. The van der Waals surface area contributed by atoms with Gasteiger partial charge in [-0.1, -0.05) is 17.8 Å². The lowest BCUT2D eigenvalue weighted by Gasteiger charge is -2.31. The van der Waals surface area contributed by atoms with Crippen molar-refractivity contribution in [1.29, 1.82) is 0 Å². The summed E-state index contributed by atoms with van der Waals surface area (Å²) in [6, 6.07) is 11.2. The second-order valence-electron chi connectivity index (χ2n) is 7.52. The molecule has 5 heterocycles. The van der Waals surface area contributed by atoms with Crippen LogP contribution in [0.1, 0.15) is 22.5 Å². The molecule has 4 aromatic heterocycles. The van der Waals surface area contributed by atoms with E-state index >= 15 is 0 Å². The SMILES string of the molecule is O=C(c1cccs1)C1CCCN(C(=O)CSc2ccc3nnc(-c4cccnc4)n3n2)C1. The van der Waals surface area contributed by atoms with Crippen LogP contribution in [-0.2, 0) is 4.79 Å². The number of carbonyl (C=O) groups excluding carboxylic acids is 2. The maximum atomic E-state index is 12.9. The van der Waals surface area contributed by atoms with Crippen LogP contribution in [0.2, 0.25) is 0 Å². The topological polar surface area (TPSA) is 93.4 Å². The minimum absolute atomic E-state index is 0.0248. The number of aromatic nitrogens is 5. The van der Waals surface area contributed by atoms with Crippen molar-refractivity contribution in [2.75, 3.05) is 18.8 Å². The quantitative estimate of drug-likeness (QED) is 0.319. The van der Waals surface area contributed by atoms with Crippen molar-refractivity contribution in [3.05, 3.63) is 59.0 Å². The van der Waals surface area contributed by atoms with E-state index in [1.807, 2.05) is 46.7 Å². The number of nitrogens with zero attached hydrogens (tertiary/aromatic N) is 6. The molecule has 162 valence electrons. The van der Waals surface area contributed by atoms with Gasteiger partial charge in [0.2, 0.25) is 5.91 Å². The number of likely N-dealkylation sites (tertiary alicyclic amines) is 1. The van der Waals surface area contributed by atoms with E-state index in [1.165, 1.54) is 23.1 Å². The van der Waals surface area contributed by atoms with E-state index in [2.05, 4.69) is 20.3 Å². The van der Waals surface area contributed by atoms with Crippen LogP contribution in [0, 0.1) is 5.92 Å². The van der Waals surface area contributed by atoms with Gasteiger partial charge in [-0.05, 0) is 48.6 Å². The summed E-state index contributed by atoms with van der Waals surface area (Å²) < 4.78 is 1.67. The molecular formula is C22H20N6O2S2. The van der Waals surface area contributed by atoms with Crippen molar-refractivity contribution in [3.63, 3.8) is 0 Å². The Morgan fingerprint density at radius 3 is 2.91 bits per heavy atom. The molecule has 1 amide bonds. The molecule has 1 unspecified atom stereocenters. The molecule has 4 aromatic rings. The van der Waals surface area contributed by atoms with Gasteiger partial charge in [0.1, 0.15) is 5.03 Å². The zero-order valence-corrected chi connectivity index (χ0v) is 18.8. The molecule has 0 spiro atoms. The monoisotopic (exact) mass is 464 g/mol. The van der Waals surface area contributed by atoms with Crippen molar-refractivity contribution in [3.8, 4) is 11.4 Å². The van der Waals surface area contributed by atoms with Crippen LogP contribution >= 0.6 is 23.1 Å². The largest absolute Gasteiger partial charge is 0.341 e. The summed E-state index contributed by atoms with van der Waals surface area (Å²) in [7, 11) is 0. The van der Waals surface area contributed by atoms with Crippen LogP contribution in [0.25, 0.3) is 17.0 Å². The summed E-state index contributed by atoms with van der Waals surface area (Å²) in [5, 5.41) is 15.6. The van der Waals surface area contributed by atoms with Crippen LogP contribution in [0.3, 0.4) is 0 Å². The first kappa shape index (κ1) is 20.8. The number of piperidine rings is 1. The molecule has 1 aliphatic heterocycles. The summed E-state index contributed by atoms with van der Waals surface area (Å²) in [6.07, 6.45) is 5.09. The Morgan fingerprint density at radius 2 is 2.09 bits per heavy atom. The number of hydrogen-bond acceptors (Lipinski definition) is 8. The Bertz CT molecular complexity index is 1240. The van der Waals surface area contributed by atoms with E-state index in [0.29, 0.717) is 29.6 Å². The van der Waals surface area contributed by atoms with Crippen LogP contribution in [0.4, 0.5) is 0 Å². The number of thiophene rings is 1. The van der Waals surface area contributed by atoms with Gasteiger partial charge in [-0.25, -0.2) is 0 Å². The number of hydrogen-bond donors (Lipinski definition) is 0. The molecule has 1 saturated heterocycles. The average Bonchev–Trinajstić information content (AvgIpc) is 3.53. The number of amides is 1. The Hall–Kier alpha value is -3.11. The molecule has 1 aliphatic rings. The van der Waals surface area contributed by atoms with Gasteiger partial charge in [0.25, 0.3) is 0 Å². The third-order valence-electron chi connectivity index (χ3n) is 5.41. The maximum absolute atomic E-state index is 12.9. The number of rotatable bonds is 6. The standard InChI is InChI=1S/C22H20N6O2S2/c29-20(27-10-2-5-16(13-27)21(30)17-6-3-11-31-17)14-32-19-8-7-18-24-25-22(28(18)26-19)15-4-1-9-23-12-15/h1,3-4,6-9,11-12,16H,2,5,10,13-14H2. The minimum atomic E-state index is -0.120. The Labute approximate surface area is 192 Å². The van der Waals surface area contributed by atoms with Crippen molar-refractivity contribution >= 4 is 40.4 Å². The fourth-order valence-corrected chi connectivity index (χ4v) is 5.29. The van der Waals surface area contributed by atoms with Crippen LogP contribution in [0.5, 0.6) is 0 Å². The highest BCUT2D eigenvalue weighted by molar-refractivity contribution is 7.99. The first-order valence-corrected chi connectivity index (χ1v) is 12.2. The molecule has 8 nitrogen and oxygen atoms in total. The lowest BCUT2D eigenvalue weighted by molar-refractivity contribution is -0.129. The second-order valence-corrected chi connectivity index (χ2v) is 9.46. The molecule has 5 rings (SSSR count). The van der Waals surface area contributed by atoms with E-state index in [1.54, 1.807) is 16.9 Å². The fraction of sp³-hybridized carbons (Fsp3) is 0.273. The van der Waals surface area contributed by atoms with Crippen molar-refractivity contribution in [2.45, 2.75) is 17.9 Å². The van der Waals surface area contributed by atoms with Crippen molar-refractivity contribution < 1.29 is 9.59 Å². The molecule has 1 fully saturated rings. The van der Waals surface area contributed by atoms with Gasteiger partial charge in [-0.15, -0.1) is 21.5 Å². The van der Waals surface area contributed by atoms with Crippen LogP contribution < -0.4 is 0 Å². The van der Waals surface area contributed by atoms with E-state index < -0.39 is 0 Å². The second kappa shape index (κ2) is 9.17. The number of Topliss-reactive ketones (excluding diaryl/α,β-unsaturated/α-hetero) is 1. The molecule has 10 heteroatoms. The summed E-state index contributed by atoms with van der Waals surface area (Å²) in [6.45, 7) is 1.18. The van der Waals surface area contributed by atoms with Gasteiger partial charge in [0.05, 0.1) is 10.6 Å². The highest BCUT2D eigenvalue weighted by Gasteiger charge is 2.29. The first-order chi connectivity index (χ1) is 15.7. The lowest BCUT2D eigenvalue weighted by atomic mass is 9.93. The molecule has 0 aromatic carbocycles. The summed E-state index contributed by atoms with van der Waals surface area (Å²) in [5.74, 6) is 0.922. The summed E-state index contributed by atoms with van der Waals surface area (Å²) >= 11 is 2.84. The Morgan fingerprint density at radius 1 is 1.16 bits per heavy atom. The molecular weight excluding hydrogens is 444 g/mol. The van der Waals surface area contributed by atoms with E-state index in [4.69, 9.17) is 0 Å². The number of pyridine rings is 1. The summed E-state index contributed by atoms with van der Waals surface area (Å²) in [4.78, 5) is 32.3. The summed E-state index contributed by atoms with van der Waals surface area (Å²) in [5.41, 5.74) is 1.45. The number of ketones is 1. The maximum Gasteiger partial charge on any atom is 0.233 e. The van der Waals surface area contributed by atoms with Crippen LogP contribution in [0.15, 0.2) is 59.2 Å².